The van der Waals surface area contributed by atoms with E-state index in [0.29, 0.717) is 6.07 Å². The van der Waals surface area contributed by atoms with Gasteiger partial charge in [-0.3, -0.25) is 0 Å². The summed E-state index contributed by atoms with van der Waals surface area (Å²) in [7, 11) is 0. The first-order chi connectivity index (χ1) is 8.56. The van der Waals surface area contributed by atoms with E-state index in [4.69, 9.17) is 12.2 Å². The third kappa shape index (κ3) is 3.13. The highest BCUT2D eigenvalue weighted by molar-refractivity contribution is 7.80. The predicted molar refractivity (Wildman–Crippen MR) is 67.9 cm³/mol. The van der Waals surface area contributed by atoms with Crippen molar-refractivity contribution in [2.45, 2.75) is 31.7 Å². The molecule has 0 aromatic heterocycles. The SMILES string of the molecule is Fc1cc(F)c(F)c(NC(=S)NC2CCCC2)c1. The molecule has 2 N–H and O–H groups in total. The van der Waals surface area contributed by atoms with Crippen LogP contribution in [0, 0.1) is 17.5 Å². The number of thiocarbonyl (C=S) groups is 1. The van der Waals surface area contributed by atoms with Gasteiger partial charge in [0.15, 0.2) is 16.7 Å². The van der Waals surface area contributed by atoms with Crippen molar-refractivity contribution in [3.8, 4) is 0 Å². The minimum atomic E-state index is -1.24. The lowest BCUT2D eigenvalue weighted by Gasteiger charge is -2.16. The van der Waals surface area contributed by atoms with Crippen LogP contribution in [0.1, 0.15) is 25.7 Å². The van der Waals surface area contributed by atoms with Gasteiger partial charge in [0, 0.05) is 18.2 Å². The van der Waals surface area contributed by atoms with Crippen molar-refractivity contribution in [1.82, 2.24) is 5.32 Å². The highest BCUT2D eigenvalue weighted by Gasteiger charge is 2.17. The van der Waals surface area contributed by atoms with E-state index < -0.39 is 17.5 Å². The maximum Gasteiger partial charge on any atom is 0.182 e. The average molecular weight is 274 g/mol. The molecule has 6 heteroatoms. The molecule has 1 aliphatic carbocycles. The highest BCUT2D eigenvalue weighted by Crippen LogP contribution is 2.20. The normalized spacial score (nSPS) is 15.7. The zero-order valence-electron chi connectivity index (χ0n) is 9.60. The molecular formula is C12H13F3N2S. The van der Waals surface area contributed by atoms with Crippen LogP contribution < -0.4 is 10.6 Å². The van der Waals surface area contributed by atoms with E-state index in [9.17, 15) is 13.2 Å². The van der Waals surface area contributed by atoms with E-state index in [-0.39, 0.29) is 16.8 Å². The van der Waals surface area contributed by atoms with E-state index in [1.807, 2.05) is 0 Å². The molecule has 18 heavy (non-hydrogen) atoms. The number of rotatable bonds is 2. The molecule has 1 fully saturated rings. The second-order valence-corrected chi connectivity index (χ2v) is 4.74. The molecule has 1 aromatic rings. The molecule has 0 saturated heterocycles. The summed E-state index contributed by atoms with van der Waals surface area (Å²) in [5.41, 5.74) is -0.289. The van der Waals surface area contributed by atoms with E-state index >= 15 is 0 Å². The number of hydrogen-bond acceptors (Lipinski definition) is 1. The molecule has 98 valence electrons. The van der Waals surface area contributed by atoms with Gasteiger partial charge in [-0.15, -0.1) is 0 Å². The van der Waals surface area contributed by atoms with Gasteiger partial charge < -0.3 is 10.6 Å². The summed E-state index contributed by atoms with van der Waals surface area (Å²) in [4.78, 5) is 0. The maximum atomic E-state index is 13.4. The van der Waals surface area contributed by atoms with Crippen LogP contribution in [0.15, 0.2) is 12.1 Å². The fraction of sp³-hybridized carbons (Fsp3) is 0.417. The molecule has 1 aromatic carbocycles. The summed E-state index contributed by atoms with van der Waals surface area (Å²) in [6.45, 7) is 0. The highest BCUT2D eigenvalue weighted by atomic mass is 32.1. The molecule has 2 rings (SSSR count). The van der Waals surface area contributed by atoms with Crippen LogP contribution >= 0.6 is 12.2 Å². The van der Waals surface area contributed by atoms with Gasteiger partial charge in [0.2, 0.25) is 0 Å². The second kappa shape index (κ2) is 5.56. The van der Waals surface area contributed by atoms with Crippen LogP contribution in [-0.4, -0.2) is 11.2 Å². The lowest BCUT2D eigenvalue weighted by atomic mass is 10.2. The van der Waals surface area contributed by atoms with Crippen molar-refractivity contribution in [2.24, 2.45) is 0 Å². The molecular weight excluding hydrogens is 261 g/mol. The van der Waals surface area contributed by atoms with Crippen LogP contribution in [-0.2, 0) is 0 Å². The van der Waals surface area contributed by atoms with Crippen LogP contribution in [0.25, 0.3) is 0 Å². The molecule has 1 saturated carbocycles. The van der Waals surface area contributed by atoms with E-state index in [1.54, 1.807) is 0 Å². The first-order valence-corrected chi connectivity index (χ1v) is 6.19. The number of nitrogens with one attached hydrogen (secondary N) is 2. The zero-order valence-corrected chi connectivity index (χ0v) is 10.4. The van der Waals surface area contributed by atoms with Crippen LogP contribution in [0.3, 0.4) is 0 Å². The molecule has 2 nitrogen and oxygen atoms in total. The Bertz CT molecular complexity index is 459. The molecule has 0 spiro atoms. The topological polar surface area (TPSA) is 24.1 Å². The van der Waals surface area contributed by atoms with Crippen molar-refractivity contribution in [3.63, 3.8) is 0 Å². The lowest BCUT2D eigenvalue weighted by Crippen LogP contribution is -2.36. The Balaban J connectivity index is 2.02. The van der Waals surface area contributed by atoms with Gasteiger partial charge in [0.1, 0.15) is 5.82 Å². The first-order valence-electron chi connectivity index (χ1n) is 5.78. The minimum absolute atomic E-state index is 0.186. The monoisotopic (exact) mass is 274 g/mol. The standard InChI is InChI=1S/C12H13F3N2S/c13-7-5-9(14)11(15)10(6-7)17-12(18)16-8-3-1-2-4-8/h5-6,8H,1-4H2,(H2,16,17,18). The summed E-state index contributed by atoms with van der Waals surface area (Å²) < 4.78 is 39.3. The van der Waals surface area contributed by atoms with E-state index in [2.05, 4.69) is 10.6 Å². The maximum absolute atomic E-state index is 13.4. The van der Waals surface area contributed by atoms with E-state index in [0.717, 1.165) is 31.7 Å². The van der Waals surface area contributed by atoms with Crippen LogP contribution in [0.2, 0.25) is 0 Å². The quantitative estimate of drug-likeness (QED) is 0.639. The fourth-order valence-electron chi connectivity index (χ4n) is 2.06. The zero-order chi connectivity index (χ0) is 13.1. The molecule has 0 bridgehead atoms. The second-order valence-electron chi connectivity index (χ2n) is 4.33. The molecule has 0 atom stereocenters. The van der Waals surface area contributed by atoms with Gasteiger partial charge in [-0.05, 0) is 25.1 Å². The molecule has 0 unspecified atom stereocenters. The summed E-state index contributed by atoms with van der Waals surface area (Å²) in [6, 6.07) is 1.63. The van der Waals surface area contributed by atoms with Gasteiger partial charge in [-0.25, -0.2) is 13.2 Å². The number of halogens is 3. The van der Waals surface area contributed by atoms with Crippen molar-refractivity contribution in [3.05, 3.63) is 29.6 Å². The predicted octanol–water partition coefficient (Wildman–Crippen LogP) is 3.33. The number of hydrogen-bond donors (Lipinski definition) is 2. The van der Waals surface area contributed by atoms with Gasteiger partial charge in [0.05, 0.1) is 5.69 Å². The molecule has 0 heterocycles. The summed E-state index contributed by atoms with van der Waals surface area (Å²) >= 11 is 4.99. The summed E-state index contributed by atoms with van der Waals surface area (Å²) in [5.74, 6) is -3.21. The Morgan fingerprint density at radius 3 is 2.50 bits per heavy atom. The third-order valence-corrected chi connectivity index (χ3v) is 3.15. The van der Waals surface area contributed by atoms with Crippen molar-refractivity contribution >= 4 is 23.0 Å². The van der Waals surface area contributed by atoms with Gasteiger partial charge >= 0.3 is 0 Å². The molecule has 0 radical (unpaired) electrons. The van der Waals surface area contributed by atoms with Crippen LogP contribution in [0.4, 0.5) is 18.9 Å². The molecule has 0 aliphatic heterocycles. The first kappa shape index (κ1) is 13.1. The Morgan fingerprint density at radius 2 is 1.83 bits per heavy atom. The van der Waals surface area contributed by atoms with E-state index in [1.165, 1.54) is 0 Å². The van der Waals surface area contributed by atoms with Crippen LogP contribution in [0.5, 0.6) is 0 Å². The Labute approximate surface area is 109 Å². The number of anilines is 1. The fourth-order valence-corrected chi connectivity index (χ4v) is 2.34. The van der Waals surface area contributed by atoms with Crippen molar-refractivity contribution < 1.29 is 13.2 Å². The molecule has 0 amide bonds. The average Bonchev–Trinajstić information content (AvgIpc) is 2.77. The van der Waals surface area contributed by atoms with Gasteiger partial charge in [-0.1, -0.05) is 12.8 Å². The number of benzene rings is 1. The summed E-state index contributed by atoms with van der Waals surface area (Å²) in [6.07, 6.45) is 4.26. The Hall–Kier alpha value is -1.30. The lowest BCUT2D eigenvalue weighted by molar-refractivity contribution is 0.498. The summed E-state index contributed by atoms with van der Waals surface area (Å²) in [5, 5.41) is 5.67. The Morgan fingerprint density at radius 1 is 1.17 bits per heavy atom. The minimum Gasteiger partial charge on any atom is -0.360 e. The smallest absolute Gasteiger partial charge is 0.182 e. The Kier molecular flexibility index (Phi) is 4.06. The van der Waals surface area contributed by atoms with Crippen molar-refractivity contribution in [2.75, 3.05) is 5.32 Å². The molecule has 1 aliphatic rings. The van der Waals surface area contributed by atoms with Crippen molar-refractivity contribution in [1.29, 1.82) is 0 Å². The third-order valence-electron chi connectivity index (χ3n) is 2.93. The largest absolute Gasteiger partial charge is 0.360 e. The van der Waals surface area contributed by atoms with Gasteiger partial charge in [-0.2, -0.15) is 0 Å². The van der Waals surface area contributed by atoms with Gasteiger partial charge in [0.25, 0.3) is 0 Å².